The number of carbonyl (C=O) groups is 2. The maximum Gasteiger partial charge on any atom is 0.416 e. The van der Waals surface area contributed by atoms with Gasteiger partial charge >= 0.3 is 12.1 Å². The third-order valence-corrected chi connectivity index (χ3v) is 4.75. The molecule has 0 aliphatic heterocycles. The number of ether oxygens (including phenoxy) is 3. The first-order valence-corrected chi connectivity index (χ1v) is 10.3. The zero-order valence-corrected chi connectivity index (χ0v) is 18.7. The summed E-state index contributed by atoms with van der Waals surface area (Å²) < 4.78 is 21.5. The molecule has 0 saturated carbocycles. The van der Waals surface area contributed by atoms with Crippen LogP contribution in [0.3, 0.4) is 0 Å². The van der Waals surface area contributed by atoms with Gasteiger partial charge in [-0.05, 0) is 48.9 Å². The van der Waals surface area contributed by atoms with Gasteiger partial charge in [-0.1, -0.05) is 12.1 Å². The van der Waals surface area contributed by atoms with Crippen LogP contribution in [0.15, 0.2) is 52.9 Å². The SMILES string of the molecule is COc1ccc(OC(=O)N(CC(=O)O)Cc2ccc(OCCc3nc(C)oc3C)cc2)cc1. The van der Waals surface area contributed by atoms with Crippen molar-refractivity contribution in [2.45, 2.75) is 26.8 Å². The van der Waals surface area contributed by atoms with Crippen LogP contribution in [0.5, 0.6) is 17.2 Å². The molecule has 0 saturated heterocycles. The van der Waals surface area contributed by atoms with Crippen LogP contribution >= 0.6 is 0 Å². The number of aromatic nitrogens is 1. The van der Waals surface area contributed by atoms with Crippen molar-refractivity contribution in [3.05, 3.63) is 71.4 Å². The molecule has 0 bridgehead atoms. The van der Waals surface area contributed by atoms with E-state index in [-0.39, 0.29) is 12.3 Å². The number of carboxylic acid groups (broad SMARTS) is 1. The topological polar surface area (TPSA) is 111 Å². The van der Waals surface area contributed by atoms with Crippen molar-refractivity contribution in [1.29, 1.82) is 0 Å². The van der Waals surface area contributed by atoms with Crippen molar-refractivity contribution in [3.8, 4) is 17.2 Å². The number of nitrogens with zero attached hydrogens (tertiary/aromatic N) is 2. The minimum Gasteiger partial charge on any atom is -0.497 e. The van der Waals surface area contributed by atoms with Crippen LogP contribution in [0.25, 0.3) is 0 Å². The maximum absolute atomic E-state index is 12.6. The minimum atomic E-state index is -1.14. The lowest BCUT2D eigenvalue weighted by Crippen LogP contribution is -2.37. The van der Waals surface area contributed by atoms with E-state index in [2.05, 4.69) is 4.98 Å². The molecule has 0 spiro atoms. The van der Waals surface area contributed by atoms with Crippen molar-refractivity contribution in [2.24, 2.45) is 0 Å². The van der Waals surface area contributed by atoms with Crippen molar-refractivity contribution in [2.75, 3.05) is 20.3 Å². The number of hydrogen-bond acceptors (Lipinski definition) is 7. The summed E-state index contributed by atoms with van der Waals surface area (Å²) in [6.07, 6.45) is -0.143. The fourth-order valence-electron chi connectivity index (χ4n) is 3.14. The highest BCUT2D eigenvalue weighted by Crippen LogP contribution is 2.19. The summed E-state index contributed by atoms with van der Waals surface area (Å²) in [5, 5.41) is 9.20. The number of carbonyl (C=O) groups excluding carboxylic acids is 1. The third kappa shape index (κ3) is 6.99. The molecule has 33 heavy (non-hydrogen) atoms. The number of methoxy groups -OCH3 is 1. The number of oxazole rings is 1. The molecule has 1 aromatic heterocycles. The number of aryl methyl sites for hydroxylation is 2. The summed E-state index contributed by atoms with van der Waals surface area (Å²) in [6, 6.07) is 13.5. The van der Waals surface area contributed by atoms with Crippen LogP contribution in [-0.4, -0.2) is 47.3 Å². The maximum atomic E-state index is 12.6. The Labute approximate surface area is 191 Å². The van der Waals surface area contributed by atoms with Gasteiger partial charge in [0.25, 0.3) is 0 Å². The van der Waals surface area contributed by atoms with Gasteiger partial charge in [-0.3, -0.25) is 9.69 Å². The number of benzene rings is 2. The monoisotopic (exact) mass is 454 g/mol. The van der Waals surface area contributed by atoms with E-state index in [1.54, 1.807) is 55.5 Å². The Bertz CT molecular complexity index is 1080. The predicted molar refractivity (Wildman–Crippen MR) is 119 cm³/mol. The summed E-state index contributed by atoms with van der Waals surface area (Å²) in [7, 11) is 1.53. The molecule has 1 heterocycles. The first-order chi connectivity index (χ1) is 15.8. The smallest absolute Gasteiger partial charge is 0.416 e. The van der Waals surface area contributed by atoms with E-state index < -0.39 is 18.6 Å². The van der Waals surface area contributed by atoms with Gasteiger partial charge in [0.1, 0.15) is 29.6 Å². The molecule has 1 N–H and O–H groups in total. The highest BCUT2D eigenvalue weighted by atomic mass is 16.6. The Hall–Kier alpha value is -4.01. The van der Waals surface area contributed by atoms with Gasteiger partial charge in [0, 0.05) is 19.9 Å². The predicted octanol–water partition coefficient (Wildman–Crippen LogP) is 4.01. The van der Waals surface area contributed by atoms with E-state index in [0.717, 1.165) is 21.9 Å². The molecule has 0 radical (unpaired) electrons. The van der Waals surface area contributed by atoms with Crippen molar-refractivity contribution >= 4 is 12.1 Å². The molecule has 174 valence electrons. The zero-order chi connectivity index (χ0) is 23.8. The number of carboxylic acids is 1. The second-order valence-electron chi connectivity index (χ2n) is 7.27. The standard InChI is InChI=1S/C24H26N2O7/c1-16-22(25-17(2)32-16)12-13-31-20-6-4-18(5-7-20)14-26(15-23(27)28)24(29)33-21-10-8-19(30-3)9-11-21/h4-11H,12-15H2,1-3H3,(H,27,28). The molecule has 0 aliphatic carbocycles. The highest BCUT2D eigenvalue weighted by Gasteiger charge is 2.19. The summed E-state index contributed by atoms with van der Waals surface area (Å²) >= 11 is 0. The van der Waals surface area contributed by atoms with Crippen molar-refractivity contribution in [3.63, 3.8) is 0 Å². The first kappa shape index (κ1) is 23.6. The van der Waals surface area contributed by atoms with Crippen LogP contribution in [0.1, 0.15) is 22.9 Å². The lowest BCUT2D eigenvalue weighted by molar-refractivity contribution is -0.138. The van der Waals surface area contributed by atoms with Gasteiger partial charge in [-0.15, -0.1) is 0 Å². The molecule has 0 fully saturated rings. The van der Waals surface area contributed by atoms with Gasteiger partial charge in [-0.25, -0.2) is 9.78 Å². The molecular weight excluding hydrogens is 428 g/mol. The zero-order valence-electron chi connectivity index (χ0n) is 18.7. The van der Waals surface area contributed by atoms with E-state index in [1.165, 1.54) is 7.11 Å². The molecule has 0 unspecified atom stereocenters. The molecule has 2 aromatic carbocycles. The van der Waals surface area contributed by atoms with Gasteiger partial charge in [0.05, 0.1) is 19.4 Å². The molecule has 0 atom stereocenters. The molecular formula is C24H26N2O7. The Morgan fingerprint density at radius 3 is 2.21 bits per heavy atom. The van der Waals surface area contributed by atoms with E-state index in [0.29, 0.717) is 30.4 Å². The fourth-order valence-corrected chi connectivity index (χ4v) is 3.14. The van der Waals surface area contributed by atoms with Crippen LogP contribution in [-0.2, 0) is 17.8 Å². The first-order valence-electron chi connectivity index (χ1n) is 10.3. The lowest BCUT2D eigenvalue weighted by atomic mass is 10.2. The van der Waals surface area contributed by atoms with Crippen molar-refractivity contribution < 1.29 is 33.3 Å². The molecule has 1 amide bonds. The average molecular weight is 454 g/mol. The van der Waals surface area contributed by atoms with Gasteiger partial charge in [-0.2, -0.15) is 0 Å². The summed E-state index contributed by atoms with van der Waals surface area (Å²) in [6.45, 7) is 3.68. The Balaban J connectivity index is 1.57. The summed E-state index contributed by atoms with van der Waals surface area (Å²) in [4.78, 5) is 29.2. The van der Waals surface area contributed by atoms with Crippen molar-refractivity contribution in [1.82, 2.24) is 9.88 Å². The Morgan fingerprint density at radius 2 is 1.64 bits per heavy atom. The Morgan fingerprint density at radius 1 is 1.00 bits per heavy atom. The lowest BCUT2D eigenvalue weighted by Gasteiger charge is -2.20. The number of hydrogen-bond donors (Lipinski definition) is 1. The summed E-state index contributed by atoms with van der Waals surface area (Å²) in [5.41, 5.74) is 1.60. The molecule has 3 aromatic rings. The average Bonchev–Trinajstić information content (AvgIpc) is 3.11. The van der Waals surface area contributed by atoms with E-state index in [4.69, 9.17) is 18.6 Å². The fraction of sp³-hybridized carbons (Fsp3) is 0.292. The van der Waals surface area contributed by atoms with E-state index in [9.17, 15) is 14.7 Å². The van der Waals surface area contributed by atoms with Gasteiger partial charge in [0.15, 0.2) is 5.89 Å². The highest BCUT2D eigenvalue weighted by molar-refractivity contribution is 5.78. The van der Waals surface area contributed by atoms with Gasteiger partial charge in [0.2, 0.25) is 0 Å². The number of rotatable bonds is 10. The molecule has 3 rings (SSSR count). The van der Waals surface area contributed by atoms with Crippen LogP contribution in [0, 0.1) is 13.8 Å². The van der Waals surface area contributed by atoms with E-state index >= 15 is 0 Å². The number of amides is 1. The van der Waals surface area contributed by atoms with Gasteiger partial charge < -0.3 is 23.7 Å². The number of aliphatic carboxylic acids is 1. The molecule has 9 heteroatoms. The Kier molecular flexibility index (Phi) is 7.91. The molecule has 0 aliphatic rings. The minimum absolute atomic E-state index is 0.0684. The van der Waals surface area contributed by atoms with E-state index in [1.807, 2.05) is 6.92 Å². The van der Waals surface area contributed by atoms with Crippen LogP contribution in [0.2, 0.25) is 0 Å². The second-order valence-corrected chi connectivity index (χ2v) is 7.27. The third-order valence-electron chi connectivity index (χ3n) is 4.75. The quantitative estimate of drug-likeness (QED) is 0.489. The summed E-state index contributed by atoms with van der Waals surface area (Å²) in [5.74, 6) is 1.83. The second kappa shape index (κ2) is 11.0. The van der Waals surface area contributed by atoms with Crippen LogP contribution < -0.4 is 14.2 Å². The largest absolute Gasteiger partial charge is 0.497 e. The van der Waals surface area contributed by atoms with Crippen LogP contribution in [0.4, 0.5) is 4.79 Å². The normalized spacial score (nSPS) is 10.5. The molecule has 9 nitrogen and oxygen atoms in total.